The minimum absolute atomic E-state index is 0.0251. The normalized spacial score (nSPS) is 22.2. The first kappa shape index (κ1) is 13.7. The lowest BCUT2D eigenvalue weighted by atomic mass is 10.1. The van der Waals surface area contributed by atoms with Crippen molar-refractivity contribution >= 4 is 6.09 Å². The van der Waals surface area contributed by atoms with E-state index in [-0.39, 0.29) is 12.5 Å². The summed E-state index contributed by atoms with van der Waals surface area (Å²) in [6, 6.07) is -0.438. The van der Waals surface area contributed by atoms with Crippen LogP contribution in [0, 0.1) is 5.92 Å². The lowest BCUT2D eigenvalue weighted by Gasteiger charge is -2.23. The van der Waals surface area contributed by atoms with Crippen molar-refractivity contribution in [2.75, 3.05) is 6.61 Å². The molecular weight excluding hydrogens is 239 g/mol. The monoisotopic (exact) mass is 253 g/mol. The van der Waals surface area contributed by atoms with Gasteiger partial charge in [-0.15, -0.1) is 0 Å². The molecule has 0 unspecified atom stereocenters. The first-order chi connectivity index (χ1) is 7.72. The Morgan fingerprint density at radius 1 is 1.65 bits per heavy atom. The molecular formula is C10H14F3NO3. The summed E-state index contributed by atoms with van der Waals surface area (Å²) >= 11 is 0. The summed E-state index contributed by atoms with van der Waals surface area (Å²) in [4.78, 5) is 12.1. The first-order valence-electron chi connectivity index (χ1n) is 5.14. The number of nitrogens with zero attached hydrogens (tertiary/aromatic N) is 1. The number of hydrogen-bond donors (Lipinski definition) is 1. The number of rotatable bonds is 3. The van der Waals surface area contributed by atoms with Crippen LogP contribution in [0.25, 0.3) is 0 Å². The van der Waals surface area contributed by atoms with Crippen LogP contribution < -0.4 is 0 Å². The minimum atomic E-state index is -4.41. The van der Waals surface area contributed by atoms with Gasteiger partial charge in [0, 0.05) is 0 Å². The molecule has 1 amide bonds. The van der Waals surface area contributed by atoms with Crippen molar-refractivity contribution in [2.24, 2.45) is 5.92 Å². The number of allylic oxidation sites excluding steroid dienone is 1. The Bertz CT molecular complexity index is 325. The second-order valence-corrected chi connectivity index (χ2v) is 4.14. The zero-order valence-electron chi connectivity index (χ0n) is 9.49. The van der Waals surface area contributed by atoms with Gasteiger partial charge in [0.25, 0.3) is 0 Å². The smallest absolute Gasteiger partial charge is 0.417 e. The van der Waals surface area contributed by atoms with E-state index in [1.807, 2.05) is 0 Å². The van der Waals surface area contributed by atoms with Gasteiger partial charge in [-0.25, -0.2) is 9.69 Å². The third-order valence-electron chi connectivity index (χ3n) is 2.44. The van der Waals surface area contributed by atoms with E-state index in [0.29, 0.717) is 6.08 Å². The number of hydrogen-bond acceptors (Lipinski definition) is 3. The number of aliphatic hydroxyl groups is 1. The topological polar surface area (TPSA) is 49.8 Å². The van der Waals surface area contributed by atoms with Gasteiger partial charge in [-0.3, -0.25) is 0 Å². The molecule has 17 heavy (non-hydrogen) atoms. The molecule has 1 saturated heterocycles. The SMILES string of the molecule is CC(C)[C@H]1COC(=O)N1/C(O)=C/CC(F)(F)F. The van der Waals surface area contributed by atoms with Crippen LogP contribution in [-0.4, -0.2) is 34.9 Å². The van der Waals surface area contributed by atoms with E-state index in [1.54, 1.807) is 13.8 Å². The fourth-order valence-corrected chi connectivity index (χ4v) is 1.50. The Hall–Kier alpha value is -1.40. The van der Waals surface area contributed by atoms with Gasteiger partial charge in [0.15, 0.2) is 5.88 Å². The van der Waals surface area contributed by atoms with E-state index >= 15 is 0 Å². The van der Waals surface area contributed by atoms with Gasteiger partial charge in [0.1, 0.15) is 6.61 Å². The maximum atomic E-state index is 12.0. The number of carbonyl (C=O) groups is 1. The number of amides is 1. The molecule has 0 bridgehead atoms. The molecule has 0 radical (unpaired) electrons. The highest BCUT2D eigenvalue weighted by Gasteiger charge is 2.38. The van der Waals surface area contributed by atoms with Crippen molar-refractivity contribution in [2.45, 2.75) is 32.5 Å². The summed E-state index contributed by atoms with van der Waals surface area (Å²) in [7, 11) is 0. The van der Waals surface area contributed by atoms with Gasteiger partial charge in [-0.2, -0.15) is 13.2 Å². The fraction of sp³-hybridized carbons (Fsp3) is 0.700. The number of aliphatic hydroxyl groups excluding tert-OH is 1. The van der Waals surface area contributed by atoms with Gasteiger partial charge >= 0.3 is 12.3 Å². The summed E-state index contributed by atoms with van der Waals surface area (Å²) in [5.41, 5.74) is 0. The highest BCUT2D eigenvalue weighted by atomic mass is 19.4. The molecule has 1 heterocycles. The molecule has 7 heteroatoms. The Balaban J connectivity index is 2.78. The summed E-state index contributed by atoms with van der Waals surface area (Å²) in [6.07, 6.45) is -5.94. The quantitative estimate of drug-likeness (QED) is 0.787. The van der Waals surface area contributed by atoms with Crippen LogP contribution in [0.3, 0.4) is 0 Å². The average Bonchev–Trinajstić information content (AvgIpc) is 2.55. The van der Waals surface area contributed by atoms with E-state index < -0.39 is 30.6 Å². The van der Waals surface area contributed by atoms with Gasteiger partial charge in [-0.1, -0.05) is 13.8 Å². The zero-order chi connectivity index (χ0) is 13.2. The lowest BCUT2D eigenvalue weighted by molar-refractivity contribution is -0.125. The molecule has 0 aromatic carbocycles. The third kappa shape index (κ3) is 3.54. The highest BCUT2D eigenvalue weighted by Crippen LogP contribution is 2.25. The van der Waals surface area contributed by atoms with Crippen molar-refractivity contribution in [3.8, 4) is 0 Å². The standard InChI is InChI=1S/C10H14F3NO3/c1-6(2)7-5-17-9(16)14(7)8(15)3-4-10(11,12)13/h3,6-7,15H,4-5H2,1-2H3/b8-3-/t7-/m1/s1. The van der Waals surface area contributed by atoms with Crippen molar-refractivity contribution in [1.82, 2.24) is 4.90 Å². The van der Waals surface area contributed by atoms with Crippen LogP contribution in [0.1, 0.15) is 20.3 Å². The molecule has 4 nitrogen and oxygen atoms in total. The third-order valence-corrected chi connectivity index (χ3v) is 2.44. The molecule has 1 aliphatic heterocycles. The highest BCUT2D eigenvalue weighted by molar-refractivity contribution is 5.72. The molecule has 1 aliphatic rings. The second-order valence-electron chi connectivity index (χ2n) is 4.14. The maximum Gasteiger partial charge on any atom is 0.417 e. The minimum Gasteiger partial charge on any atom is -0.495 e. The van der Waals surface area contributed by atoms with Crippen molar-refractivity contribution in [3.05, 3.63) is 12.0 Å². The molecule has 1 rings (SSSR count). The fourth-order valence-electron chi connectivity index (χ4n) is 1.50. The van der Waals surface area contributed by atoms with E-state index in [4.69, 9.17) is 4.74 Å². The number of ether oxygens (including phenoxy) is 1. The molecule has 0 aromatic heterocycles. The summed E-state index contributed by atoms with van der Waals surface area (Å²) < 4.78 is 40.6. The van der Waals surface area contributed by atoms with Gasteiger partial charge in [0.05, 0.1) is 12.5 Å². The molecule has 0 spiro atoms. The number of cyclic esters (lactones) is 1. The molecule has 0 aromatic rings. The van der Waals surface area contributed by atoms with Crippen LogP contribution in [-0.2, 0) is 4.74 Å². The molecule has 1 N–H and O–H groups in total. The molecule has 1 fully saturated rings. The van der Waals surface area contributed by atoms with E-state index in [9.17, 15) is 23.1 Å². The molecule has 98 valence electrons. The Morgan fingerprint density at radius 3 is 2.71 bits per heavy atom. The van der Waals surface area contributed by atoms with Crippen molar-refractivity contribution in [1.29, 1.82) is 0 Å². The molecule has 0 aliphatic carbocycles. The first-order valence-corrected chi connectivity index (χ1v) is 5.14. The zero-order valence-corrected chi connectivity index (χ0v) is 9.49. The Morgan fingerprint density at radius 2 is 2.24 bits per heavy atom. The van der Waals surface area contributed by atoms with Crippen LogP contribution in [0.15, 0.2) is 12.0 Å². The number of alkyl halides is 3. The predicted octanol–water partition coefficient (Wildman–Crippen LogP) is 2.82. The van der Waals surface area contributed by atoms with Gasteiger partial charge < -0.3 is 9.84 Å². The Labute approximate surface area is 96.7 Å². The maximum absolute atomic E-state index is 12.0. The Kier molecular flexibility index (Phi) is 3.90. The lowest BCUT2D eigenvalue weighted by Crippen LogP contribution is -2.36. The average molecular weight is 253 g/mol. The van der Waals surface area contributed by atoms with Crippen LogP contribution in [0.2, 0.25) is 0 Å². The van der Waals surface area contributed by atoms with E-state index in [1.165, 1.54) is 0 Å². The van der Waals surface area contributed by atoms with Crippen LogP contribution in [0.4, 0.5) is 18.0 Å². The van der Waals surface area contributed by atoms with E-state index in [2.05, 4.69) is 0 Å². The molecule has 1 atom stereocenters. The summed E-state index contributed by atoms with van der Waals surface area (Å²) in [5.74, 6) is -0.730. The summed E-state index contributed by atoms with van der Waals surface area (Å²) in [6.45, 7) is 3.65. The number of halogens is 3. The predicted molar refractivity (Wildman–Crippen MR) is 53.2 cm³/mol. The van der Waals surface area contributed by atoms with Gasteiger partial charge in [-0.05, 0) is 12.0 Å². The van der Waals surface area contributed by atoms with Crippen molar-refractivity contribution in [3.63, 3.8) is 0 Å². The number of carbonyl (C=O) groups excluding carboxylic acids is 1. The van der Waals surface area contributed by atoms with Crippen LogP contribution >= 0.6 is 0 Å². The summed E-state index contributed by atoms with van der Waals surface area (Å²) in [5, 5.41) is 9.49. The van der Waals surface area contributed by atoms with Crippen LogP contribution in [0.5, 0.6) is 0 Å². The van der Waals surface area contributed by atoms with E-state index in [0.717, 1.165) is 4.90 Å². The second kappa shape index (κ2) is 4.85. The largest absolute Gasteiger partial charge is 0.495 e. The molecule has 0 saturated carbocycles. The van der Waals surface area contributed by atoms with Crippen molar-refractivity contribution < 1.29 is 27.8 Å². The van der Waals surface area contributed by atoms with Gasteiger partial charge in [0.2, 0.25) is 0 Å².